The van der Waals surface area contributed by atoms with Crippen LogP contribution in [0.25, 0.3) is 0 Å². The fraction of sp³-hybridized carbons (Fsp3) is 0.286. The molecular weight excluding hydrogens is 146 g/mol. The van der Waals surface area contributed by atoms with Crippen LogP contribution in [0, 0.1) is 0 Å². The summed E-state index contributed by atoms with van der Waals surface area (Å²) >= 11 is 0. The van der Waals surface area contributed by atoms with Gasteiger partial charge in [0, 0.05) is 6.07 Å². The van der Waals surface area contributed by atoms with Crippen LogP contribution in [0.1, 0.15) is 5.76 Å². The number of hydrogen-bond acceptors (Lipinski definition) is 4. The van der Waals surface area contributed by atoms with Crippen molar-refractivity contribution < 1.29 is 13.9 Å². The first-order valence-corrected chi connectivity index (χ1v) is 3.13. The molecule has 0 saturated heterocycles. The lowest BCUT2D eigenvalue weighted by Gasteiger charge is -1.93. The van der Waals surface area contributed by atoms with E-state index < -0.39 is 0 Å². The molecule has 0 aliphatic carbocycles. The Bertz CT molecular complexity index is 254. The Balaban J connectivity index is 2.57. The molecule has 0 amide bonds. The minimum Gasteiger partial charge on any atom is -0.469 e. The minimum atomic E-state index is -0.334. The maximum atomic E-state index is 10.7. The van der Waals surface area contributed by atoms with Crippen LogP contribution in [0.15, 0.2) is 16.5 Å². The van der Waals surface area contributed by atoms with Crippen LogP contribution >= 0.6 is 0 Å². The Morgan fingerprint density at radius 1 is 1.73 bits per heavy atom. The zero-order valence-corrected chi connectivity index (χ0v) is 6.16. The van der Waals surface area contributed by atoms with E-state index in [0.29, 0.717) is 11.6 Å². The highest BCUT2D eigenvalue weighted by Gasteiger charge is 2.05. The van der Waals surface area contributed by atoms with E-state index in [-0.39, 0.29) is 12.4 Å². The molecule has 0 fully saturated rings. The summed E-state index contributed by atoms with van der Waals surface area (Å²) in [6.45, 7) is 0. The molecule has 0 radical (unpaired) electrons. The van der Waals surface area contributed by atoms with Crippen LogP contribution in [-0.2, 0) is 16.0 Å². The number of ether oxygens (including phenoxy) is 1. The van der Waals surface area contributed by atoms with Gasteiger partial charge in [-0.05, 0) is 6.07 Å². The Hall–Kier alpha value is -1.45. The van der Waals surface area contributed by atoms with Crippen molar-refractivity contribution in [1.82, 2.24) is 0 Å². The Kier molecular flexibility index (Phi) is 2.15. The number of nitrogens with two attached hydrogens (primary N) is 1. The molecule has 1 heterocycles. The highest BCUT2D eigenvalue weighted by molar-refractivity contribution is 5.71. The Labute approximate surface area is 63.9 Å². The lowest BCUT2D eigenvalue weighted by molar-refractivity contribution is -0.140. The number of carbonyl (C=O) groups is 1. The van der Waals surface area contributed by atoms with Gasteiger partial charge in [-0.2, -0.15) is 0 Å². The molecule has 0 aromatic carbocycles. The predicted octanol–water partition coefficient (Wildman–Crippen LogP) is 0.577. The lowest BCUT2D eigenvalue weighted by atomic mass is 10.3. The number of rotatable bonds is 2. The van der Waals surface area contributed by atoms with E-state index in [9.17, 15) is 4.79 Å². The van der Waals surface area contributed by atoms with Crippen molar-refractivity contribution in [2.24, 2.45) is 0 Å². The summed E-state index contributed by atoms with van der Waals surface area (Å²) in [5.41, 5.74) is 5.28. The van der Waals surface area contributed by atoms with Crippen molar-refractivity contribution in [3.8, 4) is 0 Å². The van der Waals surface area contributed by atoms with E-state index in [1.807, 2.05) is 0 Å². The van der Waals surface area contributed by atoms with Gasteiger partial charge in [0.05, 0.1) is 7.11 Å². The van der Waals surface area contributed by atoms with Crippen LogP contribution < -0.4 is 5.73 Å². The summed E-state index contributed by atoms with van der Waals surface area (Å²) in [4.78, 5) is 10.7. The summed E-state index contributed by atoms with van der Waals surface area (Å²) in [7, 11) is 1.33. The molecule has 2 N–H and O–H groups in total. The van der Waals surface area contributed by atoms with Gasteiger partial charge in [-0.3, -0.25) is 4.79 Å². The van der Waals surface area contributed by atoms with E-state index in [0.717, 1.165) is 0 Å². The molecule has 4 nitrogen and oxygen atoms in total. The first kappa shape index (κ1) is 7.65. The molecule has 0 saturated carbocycles. The summed E-state index contributed by atoms with van der Waals surface area (Å²) in [6, 6.07) is 3.24. The van der Waals surface area contributed by atoms with Crippen molar-refractivity contribution >= 4 is 11.9 Å². The number of hydrogen-bond donors (Lipinski definition) is 1. The maximum Gasteiger partial charge on any atom is 0.313 e. The molecule has 0 atom stereocenters. The monoisotopic (exact) mass is 155 g/mol. The lowest BCUT2D eigenvalue weighted by Crippen LogP contribution is -2.03. The Morgan fingerprint density at radius 3 is 2.91 bits per heavy atom. The van der Waals surface area contributed by atoms with E-state index in [1.165, 1.54) is 7.11 Å². The molecule has 0 spiro atoms. The third kappa shape index (κ3) is 2.00. The minimum absolute atomic E-state index is 0.133. The van der Waals surface area contributed by atoms with Crippen molar-refractivity contribution in [2.45, 2.75) is 6.42 Å². The standard InChI is InChI=1S/C7H9NO3/c1-10-7(9)4-5-2-3-6(8)11-5/h2-3H,4,8H2,1H3. The molecule has 0 aliphatic rings. The predicted molar refractivity (Wildman–Crippen MR) is 38.8 cm³/mol. The zero-order valence-electron chi connectivity index (χ0n) is 6.16. The molecule has 11 heavy (non-hydrogen) atoms. The van der Waals surface area contributed by atoms with Gasteiger partial charge in [0.2, 0.25) is 0 Å². The summed E-state index contributed by atoms with van der Waals surface area (Å²) < 4.78 is 9.36. The number of nitrogen functional groups attached to an aromatic ring is 1. The summed E-state index contributed by atoms with van der Waals surface area (Å²) in [5.74, 6) is 0.498. The molecule has 4 heteroatoms. The van der Waals surface area contributed by atoms with Crippen LogP contribution in [0.2, 0.25) is 0 Å². The van der Waals surface area contributed by atoms with Gasteiger partial charge in [-0.15, -0.1) is 0 Å². The van der Waals surface area contributed by atoms with Gasteiger partial charge >= 0.3 is 5.97 Å². The molecule has 1 rings (SSSR count). The van der Waals surface area contributed by atoms with Crippen LogP contribution in [0.4, 0.5) is 5.88 Å². The molecule has 0 bridgehead atoms. The molecule has 0 unspecified atom stereocenters. The third-order valence-corrected chi connectivity index (χ3v) is 1.23. The fourth-order valence-corrected chi connectivity index (χ4v) is 0.704. The van der Waals surface area contributed by atoms with Gasteiger partial charge in [0.25, 0.3) is 0 Å². The van der Waals surface area contributed by atoms with Gasteiger partial charge < -0.3 is 14.9 Å². The van der Waals surface area contributed by atoms with Crippen LogP contribution in [-0.4, -0.2) is 13.1 Å². The second-order valence-electron chi connectivity index (χ2n) is 2.06. The van der Waals surface area contributed by atoms with Crippen molar-refractivity contribution in [3.05, 3.63) is 17.9 Å². The largest absolute Gasteiger partial charge is 0.469 e. The second kappa shape index (κ2) is 3.09. The number of methoxy groups -OCH3 is 1. The van der Waals surface area contributed by atoms with Crippen LogP contribution in [0.3, 0.4) is 0 Å². The topological polar surface area (TPSA) is 65.5 Å². The Morgan fingerprint density at radius 2 is 2.45 bits per heavy atom. The third-order valence-electron chi connectivity index (χ3n) is 1.23. The average molecular weight is 155 g/mol. The first-order valence-electron chi connectivity index (χ1n) is 3.13. The zero-order chi connectivity index (χ0) is 8.27. The molecule has 0 aliphatic heterocycles. The van der Waals surface area contributed by atoms with E-state index in [2.05, 4.69) is 4.74 Å². The van der Waals surface area contributed by atoms with E-state index >= 15 is 0 Å². The fourth-order valence-electron chi connectivity index (χ4n) is 0.704. The molecule has 1 aromatic rings. The second-order valence-corrected chi connectivity index (χ2v) is 2.06. The number of anilines is 1. The highest BCUT2D eigenvalue weighted by atomic mass is 16.5. The highest BCUT2D eigenvalue weighted by Crippen LogP contribution is 2.09. The van der Waals surface area contributed by atoms with Crippen molar-refractivity contribution in [3.63, 3.8) is 0 Å². The van der Waals surface area contributed by atoms with E-state index in [4.69, 9.17) is 10.2 Å². The van der Waals surface area contributed by atoms with Crippen molar-refractivity contribution in [1.29, 1.82) is 0 Å². The average Bonchev–Trinajstić information content (AvgIpc) is 2.35. The van der Waals surface area contributed by atoms with Gasteiger partial charge in [0.1, 0.15) is 12.2 Å². The van der Waals surface area contributed by atoms with E-state index in [1.54, 1.807) is 12.1 Å². The number of esters is 1. The quantitative estimate of drug-likeness (QED) is 0.634. The molecule has 1 aromatic heterocycles. The first-order chi connectivity index (χ1) is 5.22. The smallest absolute Gasteiger partial charge is 0.313 e. The molecule has 60 valence electrons. The maximum absolute atomic E-state index is 10.7. The number of carbonyl (C=O) groups excluding carboxylic acids is 1. The van der Waals surface area contributed by atoms with Crippen LogP contribution in [0.5, 0.6) is 0 Å². The van der Waals surface area contributed by atoms with Gasteiger partial charge in [-0.1, -0.05) is 0 Å². The summed E-state index contributed by atoms with van der Waals surface area (Å²) in [6.07, 6.45) is 0.133. The normalized spacial score (nSPS) is 9.55. The van der Waals surface area contributed by atoms with Gasteiger partial charge in [-0.25, -0.2) is 0 Å². The van der Waals surface area contributed by atoms with Crippen molar-refractivity contribution in [2.75, 3.05) is 12.8 Å². The molecular formula is C7H9NO3. The SMILES string of the molecule is COC(=O)Cc1ccc(N)o1. The summed E-state index contributed by atoms with van der Waals surface area (Å²) in [5, 5.41) is 0. The van der Waals surface area contributed by atoms with Gasteiger partial charge in [0.15, 0.2) is 5.88 Å². The number of furan rings is 1.